The predicted molar refractivity (Wildman–Crippen MR) is 78.2 cm³/mol. The molecule has 0 radical (unpaired) electrons. The van der Waals surface area contributed by atoms with E-state index in [4.69, 9.17) is 5.11 Å². The van der Waals surface area contributed by atoms with Crippen LogP contribution in [0.2, 0.25) is 0 Å². The highest BCUT2D eigenvalue weighted by atomic mass is 32.2. The fourth-order valence-corrected chi connectivity index (χ4v) is 2.16. The highest BCUT2D eigenvalue weighted by molar-refractivity contribution is 7.99. The van der Waals surface area contributed by atoms with E-state index in [-0.39, 0.29) is 17.6 Å². The van der Waals surface area contributed by atoms with Gasteiger partial charge in [0, 0.05) is 18.5 Å². The molecule has 0 aliphatic heterocycles. The van der Waals surface area contributed by atoms with Crippen LogP contribution >= 0.6 is 11.8 Å². The highest BCUT2D eigenvalue weighted by Gasteiger charge is 2.15. The first-order chi connectivity index (χ1) is 9.41. The van der Waals surface area contributed by atoms with Crippen LogP contribution in [-0.2, 0) is 4.79 Å². The lowest BCUT2D eigenvalue weighted by Crippen LogP contribution is -2.28. The number of aryl methyl sites for hydroxylation is 1. The first-order valence-electron chi connectivity index (χ1n) is 6.33. The second-order valence-corrected chi connectivity index (χ2v) is 5.68. The van der Waals surface area contributed by atoms with Crippen molar-refractivity contribution in [2.45, 2.75) is 26.7 Å². The Morgan fingerprint density at radius 2 is 2.15 bits per heavy atom. The SMILES string of the molecule is Cc1ncc(C(=O)NCCSCC(=O)O)c(C(C)C)n1. The van der Waals surface area contributed by atoms with Crippen molar-refractivity contribution >= 4 is 23.6 Å². The van der Waals surface area contributed by atoms with Crippen molar-refractivity contribution in [2.24, 2.45) is 0 Å². The molecule has 1 aromatic heterocycles. The number of nitrogens with zero attached hydrogens (tertiary/aromatic N) is 2. The fraction of sp³-hybridized carbons (Fsp3) is 0.538. The van der Waals surface area contributed by atoms with Crippen LogP contribution in [0, 0.1) is 6.92 Å². The van der Waals surface area contributed by atoms with Gasteiger partial charge in [0.15, 0.2) is 0 Å². The number of carboxylic acid groups (broad SMARTS) is 1. The molecule has 1 aromatic rings. The number of aliphatic carboxylic acids is 1. The van der Waals surface area contributed by atoms with Gasteiger partial charge in [-0.25, -0.2) is 9.97 Å². The van der Waals surface area contributed by atoms with Gasteiger partial charge in [0.2, 0.25) is 0 Å². The second kappa shape index (κ2) is 7.84. The molecule has 0 bridgehead atoms. The normalized spacial score (nSPS) is 10.6. The van der Waals surface area contributed by atoms with E-state index in [0.717, 1.165) is 5.69 Å². The number of nitrogens with one attached hydrogen (secondary N) is 1. The van der Waals surface area contributed by atoms with Crippen LogP contribution in [0.5, 0.6) is 0 Å². The zero-order valence-electron chi connectivity index (χ0n) is 11.8. The summed E-state index contributed by atoms with van der Waals surface area (Å²) >= 11 is 1.27. The van der Waals surface area contributed by atoms with Gasteiger partial charge in [-0.15, -0.1) is 11.8 Å². The number of hydrogen-bond acceptors (Lipinski definition) is 5. The number of carbonyl (C=O) groups is 2. The molecular weight excluding hydrogens is 278 g/mol. The maximum absolute atomic E-state index is 12.1. The minimum Gasteiger partial charge on any atom is -0.481 e. The van der Waals surface area contributed by atoms with Gasteiger partial charge in [0.25, 0.3) is 5.91 Å². The number of aromatic nitrogens is 2. The molecule has 0 atom stereocenters. The molecule has 0 fully saturated rings. The van der Waals surface area contributed by atoms with Crippen LogP contribution in [0.1, 0.15) is 41.6 Å². The van der Waals surface area contributed by atoms with Crippen molar-refractivity contribution in [1.29, 1.82) is 0 Å². The maximum Gasteiger partial charge on any atom is 0.313 e. The molecule has 0 aliphatic rings. The molecule has 0 saturated heterocycles. The summed E-state index contributed by atoms with van der Waals surface area (Å²) in [6.45, 7) is 6.15. The van der Waals surface area contributed by atoms with Gasteiger partial charge in [-0.2, -0.15) is 0 Å². The van der Waals surface area contributed by atoms with E-state index in [2.05, 4.69) is 15.3 Å². The van der Waals surface area contributed by atoms with E-state index in [9.17, 15) is 9.59 Å². The molecule has 1 heterocycles. The predicted octanol–water partition coefficient (Wildman–Crippen LogP) is 1.46. The quantitative estimate of drug-likeness (QED) is 0.740. The van der Waals surface area contributed by atoms with Gasteiger partial charge in [-0.05, 0) is 12.8 Å². The number of carbonyl (C=O) groups excluding carboxylic acids is 1. The van der Waals surface area contributed by atoms with E-state index in [0.29, 0.717) is 23.7 Å². The van der Waals surface area contributed by atoms with Crippen molar-refractivity contribution in [1.82, 2.24) is 15.3 Å². The third-order valence-electron chi connectivity index (χ3n) is 2.49. The van der Waals surface area contributed by atoms with Crippen molar-refractivity contribution in [3.05, 3.63) is 23.3 Å². The van der Waals surface area contributed by atoms with Crippen LogP contribution < -0.4 is 5.32 Å². The van der Waals surface area contributed by atoms with Crippen molar-refractivity contribution in [3.63, 3.8) is 0 Å². The third kappa shape index (κ3) is 5.16. The van der Waals surface area contributed by atoms with E-state index in [1.54, 1.807) is 6.92 Å². The number of amides is 1. The number of carboxylic acids is 1. The molecule has 1 rings (SSSR count). The van der Waals surface area contributed by atoms with E-state index in [1.165, 1.54) is 18.0 Å². The minimum absolute atomic E-state index is 0.0424. The van der Waals surface area contributed by atoms with Gasteiger partial charge in [-0.1, -0.05) is 13.8 Å². The van der Waals surface area contributed by atoms with Crippen molar-refractivity contribution in [2.75, 3.05) is 18.1 Å². The summed E-state index contributed by atoms with van der Waals surface area (Å²) in [6, 6.07) is 0. The lowest BCUT2D eigenvalue weighted by Gasteiger charge is -2.12. The molecule has 0 unspecified atom stereocenters. The average molecular weight is 297 g/mol. The zero-order valence-corrected chi connectivity index (χ0v) is 12.7. The molecular formula is C13H19N3O3S. The lowest BCUT2D eigenvalue weighted by molar-refractivity contribution is -0.133. The Bertz CT molecular complexity index is 492. The summed E-state index contributed by atoms with van der Waals surface area (Å²) < 4.78 is 0. The van der Waals surface area contributed by atoms with E-state index >= 15 is 0 Å². The van der Waals surface area contributed by atoms with Crippen molar-refractivity contribution in [3.8, 4) is 0 Å². The Balaban J connectivity index is 2.57. The van der Waals surface area contributed by atoms with Crippen LogP contribution in [0.3, 0.4) is 0 Å². The Labute approximate surface area is 122 Å². The number of rotatable bonds is 7. The summed E-state index contributed by atoms with van der Waals surface area (Å²) in [4.78, 5) is 30.8. The average Bonchev–Trinajstić information content (AvgIpc) is 2.37. The monoisotopic (exact) mass is 297 g/mol. The maximum atomic E-state index is 12.1. The van der Waals surface area contributed by atoms with Crippen LogP contribution in [0.15, 0.2) is 6.20 Å². The Morgan fingerprint density at radius 3 is 2.75 bits per heavy atom. The van der Waals surface area contributed by atoms with Crippen LogP contribution in [0.25, 0.3) is 0 Å². The standard InChI is InChI=1S/C13H19N3O3S/c1-8(2)12-10(6-15-9(3)16-12)13(19)14-4-5-20-7-11(17)18/h6,8H,4-5,7H2,1-3H3,(H,14,19)(H,17,18). The zero-order chi connectivity index (χ0) is 15.1. The smallest absolute Gasteiger partial charge is 0.313 e. The first-order valence-corrected chi connectivity index (χ1v) is 7.48. The summed E-state index contributed by atoms with van der Waals surface area (Å²) in [7, 11) is 0. The molecule has 0 aliphatic carbocycles. The molecule has 20 heavy (non-hydrogen) atoms. The Kier molecular flexibility index (Phi) is 6.44. The summed E-state index contributed by atoms with van der Waals surface area (Å²) in [6.07, 6.45) is 1.54. The highest BCUT2D eigenvalue weighted by Crippen LogP contribution is 2.16. The fourth-order valence-electron chi connectivity index (χ4n) is 1.59. The minimum atomic E-state index is -0.852. The molecule has 2 N–H and O–H groups in total. The summed E-state index contributed by atoms with van der Waals surface area (Å²) in [5.41, 5.74) is 1.21. The van der Waals surface area contributed by atoms with Crippen molar-refractivity contribution < 1.29 is 14.7 Å². The van der Waals surface area contributed by atoms with E-state index < -0.39 is 5.97 Å². The largest absolute Gasteiger partial charge is 0.481 e. The third-order valence-corrected chi connectivity index (χ3v) is 3.43. The van der Waals surface area contributed by atoms with Crippen LogP contribution in [0.4, 0.5) is 0 Å². The Hall–Kier alpha value is -1.63. The van der Waals surface area contributed by atoms with Gasteiger partial charge >= 0.3 is 5.97 Å². The Morgan fingerprint density at radius 1 is 1.45 bits per heavy atom. The molecule has 0 spiro atoms. The van der Waals surface area contributed by atoms with Gasteiger partial charge < -0.3 is 10.4 Å². The molecule has 0 aromatic carbocycles. The molecule has 1 amide bonds. The van der Waals surface area contributed by atoms with Gasteiger partial charge in [0.05, 0.1) is 17.0 Å². The lowest BCUT2D eigenvalue weighted by atomic mass is 10.0. The van der Waals surface area contributed by atoms with E-state index in [1.807, 2.05) is 13.8 Å². The molecule has 6 nitrogen and oxygen atoms in total. The number of thioether (sulfide) groups is 1. The van der Waals surface area contributed by atoms with Crippen LogP contribution in [-0.4, -0.2) is 45.0 Å². The van der Waals surface area contributed by atoms with Gasteiger partial charge in [0.1, 0.15) is 5.82 Å². The molecule has 110 valence electrons. The first kappa shape index (κ1) is 16.4. The molecule has 0 saturated carbocycles. The van der Waals surface area contributed by atoms with Gasteiger partial charge in [-0.3, -0.25) is 9.59 Å². The molecule has 7 heteroatoms. The summed E-state index contributed by atoms with van der Waals surface area (Å²) in [5, 5.41) is 11.3. The summed E-state index contributed by atoms with van der Waals surface area (Å²) in [5.74, 6) is 0.309. The topological polar surface area (TPSA) is 92.2 Å². The number of hydrogen-bond donors (Lipinski definition) is 2. The second-order valence-electron chi connectivity index (χ2n) is 4.57.